The predicted molar refractivity (Wildman–Crippen MR) is 86.6 cm³/mol. The van der Waals surface area contributed by atoms with Crippen LogP contribution in [0.1, 0.15) is 56.0 Å². The summed E-state index contributed by atoms with van der Waals surface area (Å²) in [7, 11) is 2.03. The van der Waals surface area contributed by atoms with Gasteiger partial charge in [-0.25, -0.2) is 4.98 Å². The Morgan fingerprint density at radius 2 is 1.95 bits per heavy atom. The molecule has 1 aromatic rings. The van der Waals surface area contributed by atoms with Gasteiger partial charge in [-0.05, 0) is 44.6 Å². The summed E-state index contributed by atoms with van der Waals surface area (Å²) in [6.45, 7) is 8.09. The molecule has 0 bridgehead atoms. The monoisotopic (exact) mass is 293 g/mol. The first-order valence-electron chi connectivity index (χ1n) is 8.08. The molecule has 4 heteroatoms. The highest BCUT2D eigenvalue weighted by atomic mass is 32.1. The Kier molecular flexibility index (Phi) is 4.32. The molecule has 0 atom stereocenters. The van der Waals surface area contributed by atoms with E-state index in [0.717, 1.165) is 24.3 Å². The number of anilines is 1. The van der Waals surface area contributed by atoms with Crippen molar-refractivity contribution < 1.29 is 0 Å². The summed E-state index contributed by atoms with van der Waals surface area (Å²) in [6, 6.07) is 0. The van der Waals surface area contributed by atoms with Crippen LogP contribution < -0.4 is 10.2 Å². The van der Waals surface area contributed by atoms with Crippen LogP contribution in [-0.2, 0) is 6.54 Å². The van der Waals surface area contributed by atoms with Gasteiger partial charge in [0.25, 0.3) is 0 Å². The zero-order valence-electron chi connectivity index (χ0n) is 13.0. The highest BCUT2D eigenvalue weighted by molar-refractivity contribution is 7.15. The molecule has 0 unspecified atom stereocenters. The van der Waals surface area contributed by atoms with Crippen molar-refractivity contribution in [2.45, 2.75) is 52.0 Å². The van der Waals surface area contributed by atoms with Crippen LogP contribution in [0, 0.1) is 11.8 Å². The maximum Gasteiger partial charge on any atom is 0.185 e. The third-order valence-corrected chi connectivity index (χ3v) is 5.90. The first kappa shape index (κ1) is 14.3. The summed E-state index contributed by atoms with van der Waals surface area (Å²) in [4.78, 5) is 8.98. The number of nitrogens with one attached hydrogen (secondary N) is 1. The van der Waals surface area contributed by atoms with Crippen LogP contribution >= 0.6 is 11.3 Å². The van der Waals surface area contributed by atoms with Crippen molar-refractivity contribution in [1.29, 1.82) is 0 Å². The quantitative estimate of drug-likeness (QED) is 0.899. The molecule has 1 saturated heterocycles. The first-order chi connectivity index (χ1) is 9.69. The number of nitrogens with zero attached hydrogens (tertiary/aromatic N) is 2. The number of thiazole rings is 1. The van der Waals surface area contributed by atoms with Crippen molar-refractivity contribution in [2.75, 3.05) is 25.0 Å². The van der Waals surface area contributed by atoms with E-state index in [1.165, 1.54) is 54.5 Å². The van der Waals surface area contributed by atoms with Gasteiger partial charge in [0.2, 0.25) is 0 Å². The first-order valence-corrected chi connectivity index (χ1v) is 8.89. The van der Waals surface area contributed by atoms with Gasteiger partial charge in [-0.1, -0.05) is 13.8 Å². The van der Waals surface area contributed by atoms with Crippen molar-refractivity contribution in [2.24, 2.45) is 11.8 Å². The average molecular weight is 293 g/mol. The molecule has 1 aliphatic heterocycles. The molecule has 3 nitrogen and oxygen atoms in total. The molecule has 3 rings (SSSR count). The molecule has 2 heterocycles. The summed E-state index contributed by atoms with van der Waals surface area (Å²) < 4.78 is 0. The maximum absolute atomic E-state index is 4.99. The molecule has 2 fully saturated rings. The van der Waals surface area contributed by atoms with Gasteiger partial charge in [-0.2, -0.15) is 0 Å². The highest BCUT2D eigenvalue weighted by Gasteiger charge is 2.31. The predicted octanol–water partition coefficient (Wildman–Crippen LogP) is 3.61. The number of rotatable bonds is 5. The Labute approximate surface area is 126 Å². The van der Waals surface area contributed by atoms with E-state index in [1.54, 1.807) is 0 Å². The van der Waals surface area contributed by atoms with Crippen LogP contribution in [0.15, 0.2) is 0 Å². The fourth-order valence-corrected chi connectivity index (χ4v) is 4.42. The number of hydrogen-bond donors (Lipinski definition) is 1. The van der Waals surface area contributed by atoms with Crippen LogP contribution in [0.2, 0.25) is 0 Å². The fourth-order valence-electron chi connectivity index (χ4n) is 3.21. The molecular weight excluding hydrogens is 266 g/mol. The van der Waals surface area contributed by atoms with Crippen LogP contribution in [0.3, 0.4) is 0 Å². The Bertz CT molecular complexity index is 443. The van der Waals surface area contributed by atoms with Gasteiger partial charge in [-0.3, -0.25) is 0 Å². The highest BCUT2D eigenvalue weighted by Crippen LogP contribution is 2.44. The summed E-state index contributed by atoms with van der Waals surface area (Å²) in [5.41, 5.74) is 1.39. The maximum atomic E-state index is 4.99. The third-order valence-electron chi connectivity index (χ3n) is 4.77. The summed E-state index contributed by atoms with van der Waals surface area (Å²) in [5.74, 6) is 2.50. The Balaban J connectivity index is 1.69. The van der Waals surface area contributed by atoms with E-state index in [0.29, 0.717) is 0 Å². The zero-order valence-corrected chi connectivity index (χ0v) is 13.8. The molecule has 2 aliphatic rings. The Morgan fingerprint density at radius 1 is 1.25 bits per heavy atom. The van der Waals surface area contributed by atoms with E-state index in [9.17, 15) is 0 Å². The van der Waals surface area contributed by atoms with Crippen molar-refractivity contribution in [3.8, 4) is 0 Å². The van der Waals surface area contributed by atoms with Crippen LogP contribution in [-0.4, -0.2) is 25.1 Å². The molecule has 1 aromatic heterocycles. The second-order valence-electron chi connectivity index (χ2n) is 6.68. The van der Waals surface area contributed by atoms with Gasteiger partial charge in [0, 0.05) is 30.4 Å². The smallest absolute Gasteiger partial charge is 0.185 e. The van der Waals surface area contributed by atoms with E-state index >= 15 is 0 Å². The van der Waals surface area contributed by atoms with Gasteiger partial charge < -0.3 is 10.2 Å². The van der Waals surface area contributed by atoms with Crippen molar-refractivity contribution in [3.63, 3.8) is 0 Å². The van der Waals surface area contributed by atoms with Gasteiger partial charge in [0.15, 0.2) is 5.13 Å². The summed E-state index contributed by atoms with van der Waals surface area (Å²) >= 11 is 1.92. The number of aromatic nitrogens is 1. The fraction of sp³-hybridized carbons (Fsp3) is 0.812. The Morgan fingerprint density at radius 3 is 2.50 bits per heavy atom. The average Bonchev–Trinajstić information content (AvgIpc) is 3.21. The normalized spacial score (nSPS) is 20.9. The lowest BCUT2D eigenvalue weighted by atomic mass is 9.87. The molecule has 1 saturated carbocycles. The van der Waals surface area contributed by atoms with E-state index in [-0.39, 0.29) is 0 Å². The molecule has 0 amide bonds. The van der Waals surface area contributed by atoms with Gasteiger partial charge in [0.05, 0.1) is 5.69 Å². The van der Waals surface area contributed by atoms with Crippen LogP contribution in [0.5, 0.6) is 0 Å². The minimum absolute atomic E-state index is 0.761. The molecule has 20 heavy (non-hydrogen) atoms. The Hall–Kier alpha value is -0.610. The molecular formula is C16H27N3S. The standard InChI is InChI=1S/C16H27N3S/c1-11(2)12-6-8-19(9-7-12)16-18-15(13-4-5-13)14(20-16)10-17-3/h11-13,17H,4-10H2,1-3H3. The van der Waals surface area contributed by atoms with E-state index in [4.69, 9.17) is 4.98 Å². The molecule has 112 valence electrons. The minimum Gasteiger partial charge on any atom is -0.348 e. The summed E-state index contributed by atoms with van der Waals surface area (Å²) in [6.07, 6.45) is 5.35. The van der Waals surface area contributed by atoms with Gasteiger partial charge >= 0.3 is 0 Å². The second-order valence-corrected chi connectivity index (χ2v) is 7.74. The third kappa shape index (κ3) is 3.01. The molecule has 1 aliphatic carbocycles. The molecule has 0 spiro atoms. The zero-order chi connectivity index (χ0) is 14.1. The SMILES string of the molecule is CNCc1sc(N2CCC(C(C)C)CC2)nc1C1CC1. The van der Waals surface area contributed by atoms with Crippen molar-refractivity contribution >= 4 is 16.5 Å². The van der Waals surface area contributed by atoms with Crippen LogP contribution in [0.4, 0.5) is 5.13 Å². The number of hydrogen-bond acceptors (Lipinski definition) is 4. The number of piperidine rings is 1. The molecule has 0 aromatic carbocycles. The van der Waals surface area contributed by atoms with Gasteiger partial charge in [0.1, 0.15) is 0 Å². The van der Waals surface area contributed by atoms with E-state index in [1.807, 2.05) is 18.4 Å². The summed E-state index contributed by atoms with van der Waals surface area (Å²) in [5, 5.41) is 4.57. The van der Waals surface area contributed by atoms with Crippen molar-refractivity contribution in [1.82, 2.24) is 10.3 Å². The van der Waals surface area contributed by atoms with Crippen LogP contribution in [0.25, 0.3) is 0 Å². The second kappa shape index (κ2) is 6.02. The largest absolute Gasteiger partial charge is 0.348 e. The lowest BCUT2D eigenvalue weighted by Crippen LogP contribution is -2.35. The molecule has 1 N–H and O–H groups in total. The minimum atomic E-state index is 0.761. The lowest BCUT2D eigenvalue weighted by molar-refractivity contribution is 0.311. The van der Waals surface area contributed by atoms with E-state index in [2.05, 4.69) is 24.1 Å². The lowest BCUT2D eigenvalue weighted by Gasteiger charge is -2.33. The molecule has 0 radical (unpaired) electrons. The van der Waals surface area contributed by atoms with E-state index < -0.39 is 0 Å². The topological polar surface area (TPSA) is 28.2 Å². The van der Waals surface area contributed by atoms with Crippen molar-refractivity contribution in [3.05, 3.63) is 10.6 Å². The van der Waals surface area contributed by atoms with Gasteiger partial charge in [-0.15, -0.1) is 11.3 Å².